The van der Waals surface area contributed by atoms with Crippen LogP contribution < -0.4 is 5.32 Å². The summed E-state index contributed by atoms with van der Waals surface area (Å²) >= 11 is 0. The van der Waals surface area contributed by atoms with E-state index in [2.05, 4.69) is 28.5 Å². The molecule has 0 bridgehead atoms. The quantitative estimate of drug-likeness (QED) is 0.892. The minimum absolute atomic E-state index is 0.377. The van der Waals surface area contributed by atoms with E-state index in [9.17, 15) is 0 Å². The average Bonchev–Trinajstić information content (AvgIpc) is 3.11. The molecule has 2 unspecified atom stereocenters. The summed E-state index contributed by atoms with van der Waals surface area (Å²) in [5, 5.41) is 21.5. The number of nitriles is 1. The van der Waals surface area contributed by atoms with Gasteiger partial charge >= 0.3 is 0 Å². The summed E-state index contributed by atoms with van der Waals surface area (Å²) in [5.41, 5.74) is 2.02. The number of rotatable bonds is 3. The minimum atomic E-state index is 0.377. The molecule has 1 N–H and O–H groups in total. The highest BCUT2D eigenvalue weighted by Crippen LogP contribution is 2.38. The fourth-order valence-corrected chi connectivity index (χ4v) is 2.23. The van der Waals surface area contributed by atoms with Crippen molar-refractivity contribution >= 4 is 16.6 Å². The first-order chi connectivity index (χ1) is 8.79. The Hall–Kier alpha value is -2.15. The van der Waals surface area contributed by atoms with Gasteiger partial charge in [0.1, 0.15) is 6.07 Å². The van der Waals surface area contributed by atoms with Crippen molar-refractivity contribution in [3.63, 3.8) is 0 Å². The Morgan fingerprint density at radius 2 is 2.17 bits per heavy atom. The van der Waals surface area contributed by atoms with Crippen LogP contribution in [0.15, 0.2) is 24.3 Å². The topological polar surface area (TPSA) is 61.6 Å². The first-order valence-corrected chi connectivity index (χ1v) is 6.19. The van der Waals surface area contributed by atoms with Crippen LogP contribution in [0.5, 0.6) is 0 Å². The first-order valence-electron chi connectivity index (χ1n) is 6.19. The Kier molecular flexibility index (Phi) is 2.60. The van der Waals surface area contributed by atoms with Crippen LogP contribution in [0.3, 0.4) is 0 Å². The molecule has 0 saturated heterocycles. The number of aromatic nitrogens is 2. The van der Waals surface area contributed by atoms with E-state index in [-0.39, 0.29) is 0 Å². The summed E-state index contributed by atoms with van der Waals surface area (Å²) in [6.45, 7) is 3.16. The Morgan fingerprint density at radius 1 is 1.39 bits per heavy atom. The second kappa shape index (κ2) is 4.26. The lowest BCUT2D eigenvalue weighted by Crippen LogP contribution is -2.08. The zero-order chi connectivity index (χ0) is 12.5. The fourth-order valence-electron chi connectivity index (χ4n) is 2.23. The van der Waals surface area contributed by atoms with Crippen molar-refractivity contribution in [2.75, 3.05) is 11.9 Å². The molecule has 2 aromatic rings. The summed E-state index contributed by atoms with van der Waals surface area (Å²) in [4.78, 5) is 0. The van der Waals surface area contributed by atoms with E-state index >= 15 is 0 Å². The molecule has 0 radical (unpaired) electrons. The number of hydrogen-bond acceptors (Lipinski definition) is 4. The van der Waals surface area contributed by atoms with Gasteiger partial charge in [0, 0.05) is 11.9 Å². The summed E-state index contributed by atoms with van der Waals surface area (Å²) in [5.74, 6) is 1.52. The molecular weight excluding hydrogens is 224 g/mol. The number of fused-ring (bicyclic) bond motifs is 1. The van der Waals surface area contributed by atoms with E-state index in [0.29, 0.717) is 5.69 Å². The number of benzene rings is 1. The highest BCUT2D eigenvalue weighted by atomic mass is 15.1. The van der Waals surface area contributed by atoms with E-state index in [0.717, 1.165) is 35.0 Å². The number of nitrogens with zero attached hydrogens (tertiary/aromatic N) is 3. The molecular formula is C14H14N4. The molecule has 1 aliphatic carbocycles. The summed E-state index contributed by atoms with van der Waals surface area (Å²) in [6, 6.07) is 9.87. The van der Waals surface area contributed by atoms with E-state index in [4.69, 9.17) is 5.26 Å². The van der Waals surface area contributed by atoms with Crippen LogP contribution in [0, 0.1) is 23.2 Å². The van der Waals surface area contributed by atoms with Crippen LogP contribution in [-0.4, -0.2) is 16.7 Å². The second-order valence-electron chi connectivity index (χ2n) is 4.91. The van der Waals surface area contributed by atoms with Crippen LogP contribution in [0.4, 0.5) is 5.69 Å². The van der Waals surface area contributed by atoms with Crippen LogP contribution in [0.2, 0.25) is 0 Å². The Morgan fingerprint density at radius 3 is 2.89 bits per heavy atom. The maximum atomic E-state index is 9.12. The average molecular weight is 238 g/mol. The van der Waals surface area contributed by atoms with E-state index in [1.165, 1.54) is 6.42 Å². The molecule has 4 nitrogen and oxygen atoms in total. The van der Waals surface area contributed by atoms with Crippen LogP contribution in [-0.2, 0) is 0 Å². The molecule has 1 aromatic carbocycles. The Balaban J connectivity index is 1.98. The monoisotopic (exact) mass is 238 g/mol. The zero-order valence-corrected chi connectivity index (χ0v) is 10.2. The maximum absolute atomic E-state index is 9.12. The predicted molar refractivity (Wildman–Crippen MR) is 70.0 cm³/mol. The van der Waals surface area contributed by atoms with Gasteiger partial charge in [0.15, 0.2) is 5.69 Å². The molecule has 3 rings (SSSR count). The van der Waals surface area contributed by atoms with Gasteiger partial charge in [0.2, 0.25) is 0 Å². The zero-order valence-electron chi connectivity index (χ0n) is 10.2. The van der Waals surface area contributed by atoms with E-state index in [1.54, 1.807) is 0 Å². The van der Waals surface area contributed by atoms with E-state index < -0.39 is 0 Å². The van der Waals surface area contributed by atoms with Crippen molar-refractivity contribution in [3.05, 3.63) is 30.0 Å². The van der Waals surface area contributed by atoms with Gasteiger partial charge < -0.3 is 5.32 Å². The summed E-state index contributed by atoms with van der Waals surface area (Å²) < 4.78 is 0. The molecule has 4 heteroatoms. The SMILES string of the molecule is CC1CC1CNc1c(C#N)nnc2ccccc12. The van der Waals surface area contributed by atoms with Crippen molar-refractivity contribution < 1.29 is 0 Å². The fraction of sp³-hybridized carbons (Fsp3) is 0.357. The molecule has 0 spiro atoms. The highest BCUT2D eigenvalue weighted by Gasteiger charge is 2.32. The molecule has 1 aromatic heterocycles. The predicted octanol–water partition coefficient (Wildman–Crippen LogP) is 2.57. The number of hydrogen-bond donors (Lipinski definition) is 1. The van der Waals surface area contributed by atoms with Crippen molar-refractivity contribution in [2.45, 2.75) is 13.3 Å². The highest BCUT2D eigenvalue weighted by molar-refractivity contribution is 5.92. The lowest BCUT2D eigenvalue weighted by molar-refractivity contribution is 0.786. The Bertz CT molecular complexity index is 629. The molecule has 1 fully saturated rings. The Labute approximate surface area is 106 Å². The third-order valence-electron chi connectivity index (χ3n) is 3.59. The molecule has 0 aliphatic heterocycles. The smallest absolute Gasteiger partial charge is 0.186 e. The lowest BCUT2D eigenvalue weighted by atomic mass is 10.1. The molecule has 2 atom stereocenters. The van der Waals surface area contributed by atoms with Crippen molar-refractivity contribution in [3.8, 4) is 6.07 Å². The van der Waals surface area contributed by atoms with Gasteiger partial charge in [0.25, 0.3) is 0 Å². The summed E-state index contributed by atoms with van der Waals surface area (Å²) in [7, 11) is 0. The number of anilines is 1. The van der Waals surface area contributed by atoms with Crippen LogP contribution in [0.1, 0.15) is 19.0 Å². The molecule has 90 valence electrons. The van der Waals surface area contributed by atoms with Gasteiger partial charge in [0.05, 0.1) is 11.2 Å². The molecule has 1 saturated carbocycles. The van der Waals surface area contributed by atoms with Crippen molar-refractivity contribution in [1.82, 2.24) is 10.2 Å². The lowest BCUT2D eigenvalue weighted by Gasteiger charge is -2.09. The third kappa shape index (κ3) is 1.88. The third-order valence-corrected chi connectivity index (χ3v) is 3.59. The minimum Gasteiger partial charge on any atom is -0.382 e. The van der Waals surface area contributed by atoms with Gasteiger partial charge in [-0.25, -0.2) is 0 Å². The van der Waals surface area contributed by atoms with Gasteiger partial charge in [-0.3, -0.25) is 0 Å². The molecule has 0 amide bonds. The van der Waals surface area contributed by atoms with Gasteiger partial charge in [-0.1, -0.05) is 25.1 Å². The van der Waals surface area contributed by atoms with Gasteiger partial charge in [-0.2, -0.15) is 5.26 Å². The standard InChI is InChI=1S/C14H14N4/c1-9-6-10(9)8-16-14-11-4-2-3-5-12(11)17-18-13(14)7-15/h2-5,9-10H,6,8H2,1H3,(H,16,17). The summed E-state index contributed by atoms with van der Waals surface area (Å²) in [6.07, 6.45) is 1.27. The molecule has 1 heterocycles. The van der Waals surface area contributed by atoms with Crippen molar-refractivity contribution in [1.29, 1.82) is 5.26 Å². The van der Waals surface area contributed by atoms with Crippen LogP contribution in [0.25, 0.3) is 10.9 Å². The maximum Gasteiger partial charge on any atom is 0.186 e. The van der Waals surface area contributed by atoms with E-state index in [1.807, 2.05) is 24.3 Å². The van der Waals surface area contributed by atoms with Gasteiger partial charge in [-0.15, -0.1) is 10.2 Å². The van der Waals surface area contributed by atoms with Gasteiger partial charge in [-0.05, 0) is 24.3 Å². The van der Waals surface area contributed by atoms with Crippen LogP contribution >= 0.6 is 0 Å². The second-order valence-corrected chi connectivity index (χ2v) is 4.91. The molecule has 1 aliphatic rings. The first kappa shape index (κ1) is 11.0. The normalized spacial score (nSPS) is 21.6. The molecule has 18 heavy (non-hydrogen) atoms. The van der Waals surface area contributed by atoms with Crippen molar-refractivity contribution in [2.24, 2.45) is 11.8 Å². The largest absolute Gasteiger partial charge is 0.382 e. The number of nitrogens with one attached hydrogen (secondary N) is 1.